The van der Waals surface area contributed by atoms with Crippen LogP contribution in [0.5, 0.6) is 0 Å². The number of sulfonamides is 1. The van der Waals surface area contributed by atoms with Crippen molar-refractivity contribution in [3.8, 4) is 0 Å². The van der Waals surface area contributed by atoms with Gasteiger partial charge in [0.25, 0.3) is 0 Å². The Morgan fingerprint density at radius 2 is 1.60 bits per heavy atom. The van der Waals surface area contributed by atoms with Crippen LogP contribution in [0, 0.1) is 0 Å². The molecule has 1 aliphatic rings. The predicted molar refractivity (Wildman–Crippen MR) is 76.9 cm³/mol. The van der Waals surface area contributed by atoms with Gasteiger partial charge < -0.3 is 4.90 Å². The number of benzene rings is 1. The molecule has 20 heavy (non-hydrogen) atoms. The lowest BCUT2D eigenvalue weighted by Gasteiger charge is -2.31. The highest BCUT2D eigenvalue weighted by Crippen LogP contribution is 2.21. The highest BCUT2D eigenvalue weighted by atomic mass is 32.2. The van der Waals surface area contributed by atoms with Gasteiger partial charge in [-0.05, 0) is 23.6 Å². The van der Waals surface area contributed by atoms with E-state index in [-0.39, 0.29) is 0 Å². The van der Waals surface area contributed by atoms with Crippen LogP contribution in [0.1, 0.15) is 25.3 Å². The molecule has 0 aliphatic carbocycles. The molecule has 0 saturated carbocycles. The fourth-order valence-electron chi connectivity index (χ4n) is 2.22. The number of nitrogens with zero attached hydrogens (tertiary/aromatic N) is 2. The van der Waals surface area contributed by atoms with E-state index in [1.54, 1.807) is 17.0 Å². The molecular weight excluding hydrogens is 276 g/mol. The van der Waals surface area contributed by atoms with Gasteiger partial charge in [0, 0.05) is 26.2 Å². The van der Waals surface area contributed by atoms with E-state index < -0.39 is 10.0 Å². The molecule has 0 radical (unpaired) electrons. The first-order chi connectivity index (χ1) is 9.45. The SMILES string of the molecule is CC(C)c1ccc(S(=O)(=O)N2CCN(C=O)CC2)cc1. The first-order valence-corrected chi connectivity index (χ1v) is 8.18. The first kappa shape index (κ1) is 15.0. The van der Waals surface area contributed by atoms with Gasteiger partial charge in [-0.25, -0.2) is 8.42 Å². The van der Waals surface area contributed by atoms with Gasteiger partial charge in [0.1, 0.15) is 0 Å². The highest BCUT2D eigenvalue weighted by Gasteiger charge is 2.27. The molecule has 1 saturated heterocycles. The molecule has 1 fully saturated rings. The number of carbonyl (C=O) groups excluding carboxylic acids is 1. The van der Waals surface area contributed by atoms with Crippen molar-refractivity contribution in [2.75, 3.05) is 26.2 Å². The van der Waals surface area contributed by atoms with Crippen molar-refractivity contribution in [2.45, 2.75) is 24.7 Å². The summed E-state index contributed by atoms with van der Waals surface area (Å²) in [5.74, 6) is 0.378. The molecule has 2 rings (SSSR count). The van der Waals surface area contributed by atoms with Crippen LogP contribution in [-0.2, 0) is 14.8 Å². The molecule has 5 nitrogen and oxygen atoms in total. The second kappa shape index (κ2) is 5.93. The lowest BCUT2D eigenvalue weighted by molar-refractivity contribution is -0.119. The molecule has 6 heteroatoms. The van der Waals surface area contributed by atoms with E-state index in [9.17, 15) is 13.2 Å². The molecule has 1 amide bonds. The van der Waals surface area contributed by atoms with Gasteiger partial charge in [-0.3, -0.25) is 4.79 Å². The third-order valence-corrected chi connectivity index (χ3v) is 5.52. The summed E-state index contributed by atoms with van der Waals surface area (Å²) in [5, 5.41) is 0. The summed E-state index contributed by atoms with van der Waals surface area (Å²) in [6.07, 6.45) is 0.765. The van der Waals surface area contributed by atoms with Crippen LogP contribution in [0.3, 0.4) is 0 Å². The number of rotatable bonds is 4. The minimum Gasteiger partial charge on any atom is -0.343 e. The Hall–Kier alpha value is -1.40. The van der Waals surface area contributed by atoms with E-state index in [0.717, 1.165) is 12.0 Å². The van der Waals surface area contributed by atoms with Crippen molar-refractivity contribution in [3.05, 3.63) is 29.8 Å². The fraction of sp³-hybridized carbons (Fsp3) is 0.500. The van der Waals surface area contributed by atoms with Crippen molar-refractivity contribution in [3.63, 3.8) is 0 Å². The standard InChI is InChI=1S/C14H20N2O3S/c1-12(2)13-3-5-14(6-4-13)20(18,19)16-9-7-15(11-17)8-10-16/h3-6,11-12H,7-10H2,1-2H3. The van der Waals surface area contributed by atoms with Crippen LogP contribution in [0.25, 0.3) is 0 Å². The molecule has 0 unspecified atom stereocenters. The Labute approximate surface area is 120 Å². The average Bonchev–Trinajstić information content (AvgIpc) is 2.47. The molecule has 0 atom stereocenters. The van der Waals surface area contributed by atoms with Crippen molar-refractivity contribution in [2.24, 2.45) is 0 Å². The first-order valence-electron chi connectivity index (χ1n) is 6.74. The molecule has 0 bridgehead atoms. The fourth-order valence-corrected chi connectivity index (χ4v) is 3.65. The Balaban J connectivity index is 2.16. The Kier molecular flexibility index (Phi) is 4.45. The summed E-state index contributed by atoms with van der Waals surface area (Å²) in [7, 11) is -3.45. The number of hydrogen-bond donors (Lipinski definition) is 0. The molecule has 0 N–H and O–H groups in total. The van der Waals surface area contributed by atoms with Crippen molar-refractivity contribution in [1.82, 2.24) is 9.21 Å². The zero-order valence-corrected chi connectivity index (χ0v) is 12.6. The Morgan fingerprint density at radius 3 is 2.05 bits per heavy atom. The van der Waals surface area contributed by atoms with E-state index in [1.807, 2.05) is 12.1 Å². The van der Waals surface area contributed by atoms with E-state index in [4.69, 9.17) is 0 Å². The summed E-state index contributed by atoms with van der Waals surface area (Å²) in [4.78, 5) is 12.6. The van der Waals surface area contributed by atoms with Crippen molar-refractivity contribution < 1.29 is 13.2 Å². The van der Waals surface area contributed by atoms with Crippen LogP contribution in [-0.4, -0.2) is 50.2 Å². The molecule has 1 aliphatic heterocycles. The second-order valence-corrected chi connectivity index (χ2v) is 7.21. The summed E-state index contributed by atoms with van der Waals surface area (Å²) in [6.45, 7) is 5.75. The van der Waals surface area contributed by atoms with Crippen LogP contribution < -0.4 is 0 Å². The van der Waals surface area contributed by atoms with Gasteiger partial charge >= 0.3 is 0 Å². The van der Waals surface area contributed by atoms with Gasteiger partial charge in [0.15, 0.2) is 0 Å². The molecule has 110 valence electrons. The van der Waals surface area contributed by atoms with E-state index in [0.29, 0.717) is 37.0 Å². The van der Waals surface area contributed by atoms with E-state index in [2.05, 4.69) is 13.8 Å². The monoisotopic (exact) mass is 296 g/mol. The van der Waals surface area contributed by atoms with E-state index >= 15 is 0 Å². The summed E-state index contributed by atoms with van der Waals surface area (Å²) < 4.78 is 26.4. The van der Waals surface area contributed by atoms with Crippen LogP contribution in [0.15, 0.2) is 29.2 Å². The van der Waals surface area contributed by atoms with Gasteiger partial charge in [-0.2, -0.15) is 4.31 Å². The lowest BCUT2D eigenvalue weighted by atomic mass is 10.0. The lowest BCUT2D eigenvalue weighted by Crippen LogP contribution is -2.47. The Bertz CT molecular complexity index is 559. The predicted octanol–water partition coefficient (Wildman–Crippen LogP) is 1.27. The van der Waals surface area contributed by atoms with Gasteiger partial charge in [0.2, 0.25) is 16.4 Å². The molecule has 0 aromatic heterocycles. The van der Waals surface area contributed by atoms with Gasteiger partial charge in [-0.1, -0.05) is 26.0 Å². The Morgan fingerprint density at radius 1 is 1.05 bits per heavy atom. The number of amides is 1. The highest BCUT2D eigenvalue weighted by molar-refractivity contribution is 7.89. The largest absolute Gasteiger partial charge is 0.343 e. The minimum absolute atomic E-state index is 0.321. The topological polar surface area (TPSA) is 57.7 Å². The molecule has 1 heterocycles. The van der Waals surface area contributed by atoms with Gasteiger partial charge in [-0.15, -0.1) is 0 Å². The molecule has 0 spiro atoms. The molecule has 1 aromatic rings. The second-order valence-electron chi connectivity index (χ2n) is 5.27. The average molecular weight is 296 g/mol. The maximum absolute atomic E-state index is 12.5. The minimum atomic E-state index is -3.45. The normalized spacial score (nSPS) is 17.4. The zero-order chi connectivity index (χ0) is 14.8. The van der Waals surface area contributed by atoms with Crippen molar-refractivity contribution in [1.29, 1.82) is 0 Å². The summed E-state index contributed by atoms with van der Waals surface area (Å²) >= 11 is 0. The number of carbonyl (C=O) groups is 1. The van der Waals surface area contributed by atoms with Crippen LogP contribution in [0.2, 0.25) is 0 Å². The maximum Gasteiger partial charge on any atom is 0.243 e. The zero-order valence-electron chi connectivity index (χ0n) is 11.8. The van der Waals surface area contributed by atoms with Crippen molar-refractivity contribution >= 4 is 16.4 Å². The van der Waals surface area contributed by atoms with Crippen LogP contribution >= 0.6 is 0 Å². The molecule has 1 aromatic carbocycles. The van der Waals surface area contributed by atoms with E-state index in [1.165, 1.54) is 4.31 Å². The number of hydrogen-bond acceptors (Lipinski definition) is 3. The summed E-state index contributed by atoms with van der Waals surface area (Å²) in [5.41, 5.74) is 1.12. The molecular formula is C14H20N2O3S. The quantitative estimate of drug-likeness (QED) is 0.786. The van der Waals surface area contributed by atoms with Crippen LogP contribution in [0.4, 0.5) is 0 Å². The van der Waals surface area contributed by atoms with Gasteiger partial charge in [0.05, 0.1) is 4.90 Å². The number of piperazine rings is 1. The maximum atomic E-state index is 12.5. The smallest absolute Gasteiger partial charge is 0.243 e. The third kappa shape index (κ3) is 3.02. The summed E-state index contributed by atoms with van der Waals surface area (Å²) in [6, 6.07) is 7.05. The third-order valence-electron chi connectivity index (χ3n) is 3.61.